The molecule has 1 heterocycles. The lowest BCUT2D eigenvalue weighted by molar-refractivity contribution is -0.119. The van der Waals surface area contributed by atoms with E-state index in [1.54, 1.807) is 18.2 Å². The lowest BCUT2D eigenvalue weighted by atomic mass is 9.89. The maximum Gasteiger partial charge on any atom is 0.151 e. The molecular weight excluding hydrogens is 265 g/mol. The van der Waals surface area contributed by atoms with Crippen molar-refractivity contribution in [3.05, 3.63) is 35.6 Å². The summed E-state index contributed by atoms with van der Waals surface area (Å²) in [6, 6.07) is 6.56. The zero-order valence-electron chi connectivity index (χ0n) is 13.1. The molecule has 0 spiro atoms. The van der Waals surface area contributed by atoms with Gasteiger partial charge in [-0.25, -0.2) is 4.39 Å². The summed E-state index contributed by atoms with van der Waals surface area (Å²) in [6.45, 7) is 7.00. The summed E-state index contributed by atoms with van der Waals surface area (Å²) < 4.78 is 13.6. The Morgan fingerprint density at radius 3 is 2.76 bits per heavy atom. The van der Waals surface area contributed by atoms with Crippen LogP contribution >= 0.6 is 0 Å². The first-order valence-corrected chi connectivity index (χ1v) is 8.03. The first-order chi connectivity index (χ1) is 10.1. The lowest BCUT2D eigenvalue weighted by Crippen LogP contribution is -2.32. The van der Waals surface area contributed by atoms with Crippen LogP contribution in [0.1, 0.15) is 38.7 Å². The Bertz CT molecular complexity index is 472. The van der Waals surface area contributed by atoms with Gasteiger partial charge in [0, 0.05) is 6.42 Å². The fourth-order valence-electron chi connectivity index (χ4n) is 3.17. The molecule has 0 bridgehead atoms. The molecule has 3 heteroatoms. The van der Waals surface area contributed by atoms with E-state index in [1.165, 1.54) is 18.9 Å². The number of halogens is 1. The number of ketones is 1. The maximum atomic E-state index is 13.6. The number of carbonyl (C=O) groups is 1. The summed E-state index contributed by atoms with van der Waals surface area (Å²) in [4.78, 5) is 14.4. The summed E-state index contributed by atoms with van der Waals surface area (Å²) in [5, 5.41) is 0. The summed E-state index contributed by atoms with van der Waals surface area (Å²) in [5.74, 6) is 1.33. The van der Waals surface area contributed by atoms with Crippen LogP contribution in [0.4, 0.5) is 4.39 Å². The Hall–Kier alpha value is -1.22. The topological polar surface area (TPSA) is 20.3 Å². The highest BCUT2D eigenvalue weighted by molar-refractivity contribution is 5.82. The van der Waals surface area contributed by atoms with Crippen molar-refractivity contribution >= 4 is 5.78 Å². The van der Waals surface area contributed by atoms with E-state index in [4.69, 9.17) is 0 Å². The molecule has 21 heavy (non-hydrogen) atoms. The minimum absolute atomic E-state index is 0.114. The van der Waals surface area contributed by atoms with Gasteiger partial charge in [0.2, 0.25) is 0 Å². The van der Waals surface area contributed by atoms with Crippen molar-refractivity contribution in [3.63, 3.8) is 0 Å². The summed E-state index contributed by atoms with van der Waals surface area (Å²) in [5.41, 5.74) is 0.511. The monoisotopic (exact) mass is 291 g/mol. The molecule has 0 radical (unpaired) electrons. The van der Waals surface area contributed by atoms with E-state index in [-0.39, 0.29) is 18.0 Å². The molecule has 0 saturated carbocycles. The smallest absolute Gasteiger partial charge is 0.151 e. The van der Waals surface area contributed by atoms with Crippen LogP contribution in [0.3, 0.4) is 0 Å². The van der Waals surface area contributed by atoms with E-state index < -0.39 is 0 Å². The molecule has 1 unspecified atom stereocenters. The van der Waals surface area contributed by atoms with Gasteiger partial charge in [0.05, 0.1) is 6.54 Å². The van der Waals surface area contributed by atoms with Crippen LogP contribution in [-0.4, -0.2) is 30.3 Å². The molecule has 0 amide bonds. The molecule has 1 aromatic carbocycles. The highest BCUT2D eigenvalue weighted by Crippen LogP contribution is 2.24. The fraction of sp³-hybridized carbons (Fsp3) is 0.611. The Morgan fingerprint density at radius 2 is 2.05 bits per heavy atom. The molecule has 2 nitrogen and oxygen atoms in total. The standard InChI is InChI=1S/C18H26FNO/c1-14(2)15-7-5-10-20(11-9-15)13-17(21)12-16-6-3-4-8-18(16)19/h3-4,6,8,14-15H,5,7,9-13H2,1-2H3. The van der Waals surface area contributed by atoms with Crippen LogP contribution in [0.25, 0.3) is 0 Å². The second-order valence-electron chi connectivity index (χ2n) is 6.52. The molecule has 1 atom stereocenters. The third-order valence-electron chi connectivity index (χ3n) is 4.55. The average molecular weight is 291 g/mol. The molecule has 0 aromatic heterocycles. The van der Waals surface area contributed by atoms with Crippen molar-refractivity contribution in [3.8, 4) is 0 Å². The van der Waals surface area contributed by atoms with Crippen molar-refractivity contribution in [2.24, 2.45) is 11.8 Å². The third kappa shape index (κ3) is 4.92. The number of hydrogen-bond donors (Lipinski definition) is 0. The Labute approximate surface area is 127 Å². The number of benzene rings is 1. The third-order valence-corrected chi connectivity index (χ3v) is 4.55. The van der Waals surface area contributed by atoms with Crippen LogP contribution in [0.5, 0.6) is 0 Å². The van der Waals surface area contributed by atoms with E-state index in [2.05, 4.69) is 18.7 Å². The van der Waals surface area contributed by atoms with E-state index in [9.17, 15) is 9.18 Å². The van der Waals surface area contributed by atoms with Crippen molar-refractivity contribution in [1.29, 1.82) is 0 Å². The second-order valence-corrected chi connectivity index (χ2v) is 6.52. The minimum Gasteiger partial charge on any atom is -0.298 e. The van der Waals surface area contributed by atoms with Gasteiger partial charge in [0.15, 0.2) is 5.78 Å². The summed E-state index contributed by atoms with van der Waals surface area (Å²) in [7, 11) is 0. The van der Waals surface area contributed by atoms with Crippen LogP contribution in [0, 0.1) is 17.7 Å². The van der Waals surface area contributed by atoms with E-state index in [0.29, 0.717) is 12.1 Å². The summed E-state index contributed by atoms with van der Waals surface area (Å²) in [6.07, 6.45) is 3.80. The fourth-order valence-corrected chi connectivity index (χ4v) is 3.17. The van der Waals surface area contributed by atoms with Gasteiger partial charge in [-0.2, -0.15) is 0 Å². The number of Topliss-reactive ketones (excluding diaryl/α,β-unsaturated/α-hetero) is 1. The van der Waals surface area contributed by atoms with Gasteiger partial charge in [-0.15, -0.1) is 0 Å². The molecule has 1 aliphatic heterocycles. The quantitative estimate of drug-likeness (QED) is 0.824. The molecule has 1 fully saturated rings. The number of carbonyl (C=O) groups excluding carboxylic acids is 1. The Balaban J connectivity index is 1.84. The number of hydrogen-bond acceptors (Lipinski definition) is 2. The zero-order chi connectivity index (χ0) is 15.2. The molecule has 2 rings (SSSR count). The molecule has 1 aromatic rings. The van der Waals surface area contributed by atoms with Gasteiger partial charge in [0.25, 0.3) is 0 Å². The van der Waals surface area contributed by atoms with E-state index >= 15 is 0 Å². The SMILES string of the molecule is CC(C)C1CCCN(CC(=O)Cc2ccccc2F)CC1. The van der Waals surface area contributed by atoms with Crippen LogP contribution < -0.4 is 0 Å². The minimum atomic E-state index is -0.276. The molecule has 1 aliphatic rings. The van der Waals surface area contributed by atoms with Crippen LogP contribution in [0.2, 0.25) is 0 Å². The normalized spacial score (nSPS) is 20.5. The van der Waals surface area contributed by atoms with Crippen LogP contribution in [0.15, 0.2) is 24.3 Å². The van der Waals surface area contributed by atoms with Gasteiger partial charge in [0.1, 0.15) is 5.82 Å². The first kappa shape index (κ1) is 16.2. The van der Waals surface area contributed by atoms with Crippen molar-refractivity contribution in [1.82, 2.24) is 4.90 Å². The summed E-state index contributed by atoms with van der Waals surface area (Å²) >= 11 is 0. The second kappa shape index (κ2) is 7.69. The Morgan fingerprint density at radius 1 is 1.29 bits per heavy atom. The van der Waals surface area contributed by atoms with Gasteiger partial charge < -0.3 is 0 Å². The lowest BCUT2D eigenvalue weighted by Gasteiger charge is -2.20. The molecule has 0 aliphatic carbocycles. The maximum absolute atomic E-state index is 13.6. The van der Waals surface area contributed by atoms with Crippen LogP contribution in [-0.2, 0) is 11.2 Å². The predicted octanol–water partition coefficient (Wildman–Crippen LogP) is 3.70. The van der Waals surface area contributed by atoms with E-state index in [1.807, 2.05) is 0 Å². The number of rotatable bonds is 5. The van der Waals surface area contributed by atoms with Gasteiger partial charge in [-0.3, -0.25) is 9.69 Å². The Kier molecular flexibility index (Phi) is 5.92. The van der Waals surface area contributed by atoms with Gasteiger partial charge in [-0.1, -0.05) is 32.0 Å². The van der Waals surface area contributed by atoms with E-state index in [0.717, 1.165) is 31.3 Å². The van der Waals surface area contributed by atoms with Crippen molar-refractivity contribution in [2.75, 3.05) is 19.6 Å². The van der Waals surface area contributed by atoms with Gasteiger partial charge in [-0.05, 0) is 55.8 Å². The highest BCUT2D eigenvalue weighted by Gasteiger charge is 2.21. The van der Waals surface area contributed by atoms with Crippen molar-refractivity contribution < 1.29 is 9.18 Å². The first-order valence-electron chi connectivity index (χ1n) is 8.03. The van der Waals surface area contributed by atoms with Crippen molar-refractivity contribution in [2.45, 2.75) is 39.5 Å². The molecule has 1 saturated heterocycles. The zero-order valence-corrected chi connectivity index (χ0v) is 13.1. The largest absolute Gasteiger partial charge is 0.298 e. The molecule has 116 valence electrons. The molecule has 0 N–H and O–H groups in total. The molecular formula is C18H26FNO. The highest BCUT2D eigenvalue weighted by atomic mass is 19.1. The van der Waals surface area contributed by atoms with Gasteiger partial charge >= 0.3 is 0 Å². The average Bonchev–Trinajstić information content (AvgIpc) is 2.67. The number of likely N-dealkylation sites (tertiary alicyclic amines) is 1. The number of nitrogens with zero attached hydrogens (tertiary/aromatic N) is 1. The predicted molar refractivity (Wildman–Crippen MR) is 83.7 cm³/mol.